The zero-order valence-corrected chi connectivity index (χ0v) is 5.33. The Hall–Kier alpha value is 0.310. The van der Waals surface area contributed by atoms with Crippen molar-refractivity contribution >= 4 is 11.8 Å². The molecule has 1 aliphatic heterocycles. The van der Waals surface area contributed by atoms with Crippen LogP contribution in [0.25, 0.3) is 0 Å². The molecule has 42 valence electrons. The summed E-state index contributed by atoms with van der Waals surface area (Å²) in [5.74, 6) is 1.28. The maximum atomic E-state index is 5.24. The van der Waals surface area contributed by atoms with Gasteiger partial charge in [-0.1, -0.05) is 0 Å². The smallest absolute Gasteiger partial charge is 0.0999 e. The first kappa shape index (κ1) is 5.45. The molecule has 0 radical (unpaired) electrons. The summed E-state index contributed by atoms with van der Waals surface area (Å²) in [6, 6.07) is 0. The Morgan fingerprint density at radius 1 is 1.71 bits per heavy atom. The Bertz CT molecular complexity index is 50.0. The number of rotatable bonds is 0. The van der Waals surface area contributed by atoms with Gasteiger partial charge in [0.25, 0.3) is 0 Å². The van der Waals surface area contributed by atoms with Crippen LogP contribution in [0.3, 0.4) is 0 Å². The van der Waals surface area contributed by atoms with Crippen molar-refractivity contribution in [3.8, 4) is 0 Å². The van der Waals surface area contributed by atoms with E-state index in [4.69, 9.17) is 4.74 Å². The molecule has 0 N–H and O–H groups in total. The molecule has 0 aromatic rings. The molecule has 0 amide bonds. The third-order valence-corrected chi connectivity index (χ3v) is 2.12. The molecular weight excluding hydrogens is 108 g/mol. The van der Waals surface area contributed by atoms with Gasteiger partial charge in [0.05, 0.1) is 5.44 Å². The predicted octanol–water partition coefficient (Wildman–Crippen LogP) is 1.49. The highest BCUT2D eigenvalue weighted by Gasteiger charge is 2.06. The van der Waals surface area contributed by atoms with Gasteiger partial charge in [-0.3, -0.25) is 0 Å². The lowest BCUT2D eigenvalue weighted by Crippen LogP contribution is -2.11. The van der Waals surface area contributed by atoms with Gasteiger partial charge in [-0.2, -0.15) is 0 Å². The van der Waals surface area contributed by atoms with E-state index in [0.717, 1.165) is 6.61 Å². The number of ether oxygens (including phenoxy) is 1. The molecule has 7 heavy (non-hydrogen) atoms. The van der Waals surface area contributed by atoms with E-state index in [0.29, 0.717) is 5.44 Å². The second-order valence-electron chi connectivity index (χ2n) is 1.66. The van der Waals surface area contributed by atoms with E-state index in [1.54, 1.807) is 0 Å². The average molecular weight is 118 g/mol. The van der Waals surface area contributed by atoms with Gasteiger partial charge in [0.1, 0.15) is 0 Å². The zero-order chi connectivity index (χ0) is 5.11. The van der Waals surface area contributed by atoms with Gasteiger partial charge in [-0.15, -0.1) is 11.8 Å². The second-order valence-corrected chi connectivity index (χ2v) is 3.07. The molecule has 0 aromatic heterocycles. The summed E-state index contributed by atoms with van der Waals surface area (Å²) in [7, 11) is 0. The molecule has 0 aliphatic carbocycles. The first-order valence-corrected chi connectivity index (χ1v) is 3.67. The monoisotopic (exact) mass is 118 g/mol. The van der Waals surface area contributed by atoms with E-state index in [1.165, 1.54) is 12.2 Å². The fourth-order valence-electron chi connectivity index (χ4n) is 0.606. The minimum Gasteiger partial charge on any atom is -0.368 e. The van der Waals surface area contributed by atoms with Crippen LogP contribution in [-0.4, -0.2) is 17.8 Å². The van der Waals surface area contributed by atoms with Crippen molar-refractivity contribution < 1.29 is 4.74 Å². The van der Waals surface area contributed by atoms with Gasteiger partial charge < -0.3 is 4.74 Å². The molecule has 1 rings (SSSR count). The van der Waals surface area contributed by atoms with Crippen molar-refractivity contribution in [2.45, 2.75) is 18.8 Å². The van der Waals surface area contributed by atoms with Gasteiger partial charge in [-0.05, 0) is 19.1 Å². The van der Waals surface area contributed by atoms with Crippen molar-refractivity contribution in [2.75, 3.05) is 12.4 Å². The van der Waals surface area contributed by atoms with Crippen LogP contribution >= 0.6 is 11.8 Å². The highest BCUT2D eigenvalue weighted by molar-refractivity contribution is 7.99. The van der Waals surface area contributed by atoms with Gasteiger partial charge in [-0.25, -0.2) is 0 Å². The highest BCUT2D eigenvalue weighted by Crippen LogP contribution is 2.17. The zero-order valence-electron chi connectivity index (χ0n) is 4.52. The fraction of sp³-hybridized carbons (Fsp3) is 1.00. The van der Waals surface area contributed by atoms with Crippen molar-refractivity contribution in [3.05, 3.63) is 0 Å². The summed E-state index contributed by atoms with van der Waals surface area (Å²) < 4.78 is 5.24. The molecule has 0 saturated carbocycles. The Balaban J connectivity index is 2.12. The molecule has 0 spiro atoms. The maximum Gasteiger partial charge on any atom is 0.0999 e. The first-order chi connectivity index (χ1) is 3.39. The molecule has 1 nitrogen and oxygen atoms in total. The Morgan fingerprint density at radius 2 is 2.57 bits per heavy atom. The van der Waals surface area contributed by atoms with E-state index >= 15 is 0 Å². The Kier molecular flexibility index (Phi) is 2.00. The van der Waals surface area contributed by atoms with Crippen LogP contribution < -0.4 is 0 Å². The normalized spacial score (nSPS) is 33.0. The van der Waals surface area contributed by atoms with Crippen LogP contribution in [0.15, 0.2) is 0 Å². The van der Waals surface area contributed by atoms with Gasteiger partial charge >= 0.3 is 0 Å². The molecule has 0 bridgehead atoms. The summed E-state index contributed by atoms with van der Waals surface area (Å²) in [5, 5.41) is 0. The minimum absolute atomic E-state index is 0.453. The molecule has 2 heteroatoms. The fourth-order valence-corrected chi connectivity index (χ4v) is 1.41. The quantitative estimate of drug-likeness (QED) is 0.476. The third kappa shape index (κ3) is 1.70. The molecule has 1 saturated heterocycles. The van der Waals surface area contributed by atoms with Crippen LogP contribution in [0.5, 0.6) is 0 Å². The highest BCUT2D eigenvalue weighted by atomic mass is 32.2. The van der Waals surface area contributed by atoms with Crippen molar-refractivity contribution in [2.24, 2.45) is 0 Å². The SMILES string of the molecule is C[C@@H]1OCCCS1. The van der Waals surface area contributed by atoms with Gasteiger partial charge in [0, 0.05) is 6.61 Å². The largest absolute Gasteiger partial charge is 0.368 e. The summed E-state index contributed by atoms with van der Waals surface area (Å²) in [5.41, 5.74) is 0.453. The second kappa shape index (κ2) is 2.58. The minimum atomic E-state index is 0.453. The average Bonchev–Trinajstić information content (AvgIpc) is 1.69. The summed E-state index contributed by atoms with van der Waals surface area (Å²) in [6.07, 6.45) is 1.23. The van der Waals surface area contributed by atoms with E-state index in [-0.39, 0.29) is 0 Å². The third-order valence-electron chi connectivity index (χ3n) is 0.994. The first-order valence-electron chi connectivity index (χ1n) is 2.63. The van der Waals surface area contributed by atoms with Crippen LogP contribution in [0.4, 0.5) is 0 Å². The molecule has 0 unspecified atom stereocenters. The lowest BCUT2D eigenvalue weighted by molar-refractivity contribution is 0.117. The Labute approximate surface area is 48.4 Å². The van der Waals surface area contributed by atoms with Crippen molar-refractivity contribution in [3.63, 3.8) is 0 Å². The Morgan fingerprint density at radius 3 is 2.86 bits per heavy atom. The molecule has 1 aliphatic rings. The van der Waals surface area contributed by atoms with Gasteiger partial charge in [0.2, 0.25) is 0 Å². The molecule has 1 fully saturated rings. The number of thioether (sulfide) groups is 1. The predicted molar refractivity (Wildman–Crippen MR) is 32.5 cm³/mol. The summed E-state index contributed by atoms with van der Waals surface area (Å²) in [6.45, 7) is 3.07. The molecular formula is C5H10OS. The lowest BCUT2D eigenvalue weighted by Gasteiger charge is -2.16. The lowest BCUT2D eigenvalue weighted by atomic mass is 10.5. The molecule has 1 atom stereocenters. The number of hydrogen-bond donors (Lipinski definition) is 0. The van der Waals surface area contributed by atoms with Crippen molar-refractivity contribution in [1.82, 2.24) is 0 Å². The van der Waals surface area contributed by atoms with Crippen LogP contribution in [0, 0.1) is 0 Å². The van der Waals surface area contributed by atoms with Crippen LogP contribution in [0.1, 0.15) is 13.3 Å². The summed E-state index contributed by atoms with van der Waals surface area (Å²) in [4.78, 5) is 0. The van der Waals surface area contributed by atoms with E-state index in [9.17, 15) is 0 Å². The van der Waals surface area contributed by atoms with Crippen molar-refractivity contribution in [1.29, 1.82) is 0 Å². The maximum absolute atomic E-state index is 5.24. The molecule has 1 heterocycles. The van der Waals surface area contributed by atoms with E-state index < -0.39 is 0 Å². The summed E-state index contributed by atoms with van der Waals surface area (Å²) >= 11 is 1.90. The van der Waals surface area contributed by atoms with Crippen LogP contribution in [-0.2, 0) is 4.74 Å². The van der Waals surface area contributed by atoms with E-state index in [2.05, 4.69) is 6.92 Å². The standard InChI is InChI=1S/C5H10OS/c1-5-6-3-2-4-7-5/h5H,2-4H2,1H3/t5-/m1/s1. The number of hydrogen-bond acceptors (Lipinski definition) is 2. The van der Waals surface area contributed by atoms with Gasteiger partial charge in [0.15, 0.2) is 0 Å². The molecule has 0 aromatic carbocycles. The van der Waals surface area contributed by atoms with E-state index in [1.807, 2.05) is 11.8 Å². The topological polar surface area (TPSA) is 9.23 Å². The van der Waals surface area contributed by atoms with Crippen LogP contribution in [0.2, 0.25) is 0 Å².